The van der Waals surface area contributed by atoms with E-state index in [4.69, 9.17) is 0 Å². The Labute approximate surface area is 70.1 Å². The second kappa shape index (κ2) is 3.54. The number of hydrogen-bond donors (Lipinski definition) is 2. The van der Waals surface area contributed by atoms with Gasteiger partial charge in [-0.1, -0.05) is 0 Å². The number of thiophene rings is 1. The van der Waals surface area contributed by atoms with Gasteiger partial charge in [-0.3, -0.25) is 0 Å². The molecule has 3 heteroatoms. The van der Waals surface area contributed by atoms with Gasteiger partial charge in [-0.15, -0.1) is 11.3 Å². The van der Waals surface area contributed by atoms with Gasteiger partial charge in [0.1, 0.15) is 0 Å². The molecular weight excluding hydrogens is 168 g/mol. The van der Waals surface area contributed by atoms with E-state index < -0.39 is 0 Å². The molecule has 0 aromatic carbocycles. The van der Waals surface area contributed by atoms with Crippen molar-refractivity contribution in [2.24, 2.45) is 0 Å². The average Bonchev–Trinajstić information content (AvgIpc) is 2.34. The smallest absolute Gasteiger partial charge is 0.0248 e. The lowest BCUT2D eigenvalue weighted by Crippen LogP contribution is -1.67. The van der Waals surface area contributed by atoms with E-state index in [9.17, 15) is 0 Å². The van der Waals surface area contributed by atoms with Crippen LogP contribution in [0.3, 0.4) is 0 Å². The maximum atomic E-state index is 4.15. The van der Waals surface area contributed by atoms with Crippen molar-refractivity contribution in [1.29, 1.82) is 0 Å². The summed E-state index contributed by atoms with van der Waals surface area (Å²) in [6.07, 6.45) is 0. The van der Waals surface area contributed by atoms with Gasteiger partial charge in [0.15, 0.2) is 0 Å². The van der Waals surface area contributed by atoms with Gasteiger partial charge in [0.25, 0.3) is 0 Å². The fourth-order valence-electron chi connectivity index (χ4n) is 0.592. The zero-order chi connectivity index (χ0) is 6.69. The molecule has 0 aliphatic heterocycles. The van der Waals surface area contributed by atoms with Crippen molar-refractivity contribution in [2.45, 2.75) is 11.5 Å². The second-order valence-electron chi connectivity index (χ2n) is 1.74. The average molecular weight is 176 g/mol. The van der Waals surface area contributed by atoms with E-state index >= 15 is 0 Å². The van der Waals surface area contributed by atoms with E-state index in [1.165, 1.54) is 10.4 Å². The molecule has 9 heavy (non-hydrogen) atoms. The molecule has 0 aliphatic rings. The molecule has 0 saturated heterocycles. The minimum atomic E-state index is 0.838. The highest BCUT2D eigenvalue weighted by Crippen LogP contribution is 2.17. The summed E-state index contributed by atoms with van der Waals surface area (Å²) in [6, 6.07) is 2.14. The van der Waals surface area contributed by atoms with Gasteiger partial charge < -0.3 is 0 Å². The van der Waals surface area contributed by atoms with Crippen LogP contribution in [0.2, 0.25) is 0 Å². The third kappa shape index (κ3) is 1.92. The third-order valence-corrected chi connectivity index (χ3v) is 2.95. The zero-order valence-electron chi connectivity index (χ0n) is 4.87. The first kappa shape index (κ1) is 7.51. The van der Waals surface area contributed by atoms with Gasteiger partial charge in [0.2, 0.25) is 0 Å². The summed E-state index contributed by atoms with van der Waals surface area (Å²) in [6.45, 7) is 0. The Morgan fingerprint density at radius 3 is 2.44 bits per heavy atom. The van der Waals surface area contributed by atoms with Crippen LogP contribution in [0, 0.1) is 0 Å². The summed E-state index contributed by atoms with van der Waals surface area (Å²) in [5.41, 5.74) is 1.30. The van der Waals surface area contributed by atoms with Gasteiger partial charge in [-0.05, 0) is 17.0 Å². The Balaban J connectivity index is 2.74. The fourth-order valence-corrected chi connectivity index (χ4v) is 1.96. The number of rotatable bonds is 2. The highest BCUT2D eigenvalue weighted by atomic mass is 32.1. The summed E-state index contributed by atoms with van der Waals surface area (Å²) in [5.74, 6) is 1.68. The quantitative estimate of drug-likeness (QED) is 0.636. The van der Waals surface area contributed by atoms with Crippen LogP contribution in [-0.4, -0.2) is 0 Å². The summed E-state index contributed by atoms with van der Waals surface area (Å²) in [5, 5.41) is 2.12. The van der Waals surface area contributed by atoms with E-state index in [2.05, 4.69) is 36.7 Å². The van der Waals surface area contributed by atoms with Gasteiger partial charge in [0, 0.05) is 16.4 Å². The molecule has 0 nitrogen and oxygen atoms in total. The van der Waals surface area contributed by atoms with Crippen molar-refractivity contribution >= 4 is 36.6 Å². The minimum Gasteiger partial charge on any atom is -0.175 e. The highest BCUT2D eigenvalue weighted by Gasteiger charge is 1.93. The topological polar surface area (TPSA) is 0 Å². The molecule has 0 radical (unpaired) electrons. The summed E-state index contributed by atoms with van der Waals surface area (Å²) >= 11 is 10.0. The van der Waals surface area contributed by atoms with E-state index in [1.54, 1.807) is 11.3 Å². The predicted octanol–water partition coefficient (Wildman–Crippen LogP) is 2.61. The van der Waals surface area contributed by atoms with Crippen LogP contribution in [0.4, 0.5) is 0 Å². The molecule has 50 valence electrons. The van der Waals surface area contributed by atoms with E-state index in [-0.39, 0.29) is 0 Å². The van der Waals surface area contributed by atoms with Crippen LogP contribution in [0.15, 0.2) is 11.4 Å². The molecule has 1 heterocycles. The summed E-state index contributed by atoms with van der Waals surface area (Å²) in [4.78, 5) is 1.32. The van der Waals surface area contributed by atoms with Crippen molar-refractivity contribution in [1.82, 2.24) is 0 Å². The van der Waals surface area contributed by atoms with Crippen LogP contribution in [0.1, 0.15) is 10.4 Å². The van der Waals surface area contributed by atoms with Gasteiger partial charge in [0.05, 0.1) is 0 Å². The van der Waals surface area contributed by atoms with Crippen LogP contribution < -0.4 is 0 Å². The molecule has 1 aromatic heterocycles. The molecule has 0 N–H and O–H groups in total. The molecular formula is C6H8S3. The molecule has 0 aliphatic carbocycles. The molecule has 1 rings (SSSR count). The SMILES string of the molecule is SCc1csc(CS)c1. The Hall–Kier alpha value is 0.400. The molecule has 0 saturated carbocycles. The van der Waals surface area contributed by atoms with E-state index in [0.29, 0.717) is 0 Å². The number of hydrogen-bond acceptors (Lipinski definition) is 3. The monoisotopic (exact) mass is 176 g/mol. The third-order valence-electron chi connectivity index (χ3n) is 1.05. The van der Waals surface area contributed by atoms with Crippen LogP contribution in [0.25, 0.3) is 0 Å². The van der Waals surface area contributed by atoms with E-state index in [0.717, 1.165) is 11.5 Å². The van der Waals surface area contributed by atoms with Crippen LogP contribution >= 0.6 is 36.6 Å². The lowest BCUT2D eigenvalue weighted by Gasteiger charge is -1.82. The summed E-state index contributed by atoms with van der Waals surface area (Å²) < 4.78 is 0. The largest absolute Gasteiger partial charge is 0.175 e. The lowest BCUT2D eigenvalue weighted by molar-refractivity contribution is 1.45. The number of thiol groups is 2. The lowest BCUT2D eigenvalue weighted by atomic mass is 10.3. The minimum absolute atomic E-state index is 0.838. The molecule has 0 spiro atoms. The van der Waals surface area contributed by atoms with Crippen molar-refractivity contribution in [3.8, 4) is 0 Å². The molecule has 0 unspecified atom stereocenters. The first-order valence-electron chi connectivity index (χ1n) is 2.65. The van der Waals surface area contributed by atoms with Crippen molar-refractivity contribution in [3.05, 3.63) is 21.9 Å². The Morgan fingerprint density at radius 1 is 1.33 bits per heavy atom. The van der Waals surface area contributed by atoms with Gasteiger partial charge >= 0.3 is 0 Å². The maximum absolute atomic E-state index is 4.15. The molecule has 1 aromatic rings. The predicted molar refractivity (Wildman–Crippen MR) is 49.7 cm³/mol. The van der Waals surface area contributed by atoms with Gasteiger partial charge in [-0.25, -0.2) is 0 Å². The first-order chi connectivity index (χ1) is 4.36. The maximum Gasteiger partial charge on any atom is 0.0248 e. The standard InChI is InChI=1S/C6H8S3/c7-2-5-1-6(3-8)9-4-5/h1,4,7-8H,2-3H2. The highest BCUT2D eigenvalue weighted by molar-refractivity contribution is 7.79. The van der Waals surface area contributed by atoms with Crippen LogP contribution in [-0.2, 0) is 11.5 Å². The fraction of sp³-hybridized carbons (Fsp3) is 0.333. The van der Waals surface area contributed by atoms with Crippen molar-refractivity contribution in [3.63, 3.8) is 0 Å². The molecule has 0 amide bonds. The van der Waals surface area contributed by atoms with E-state index in [1.807, 2.05) is 0 Å². The first-order valence-corrected chi connectivity index (χ1v) is 4.79. The Kier molecular flexibility index (Phi) is 2.95. The van der Waals surface area contributed by atoms with Crippen LogP contribution in [0.5, 0.6) is 0 Å². The molecule has 0 bridgehead atoms. The van der Waals surface area contributed by atoms with Crippen molar-refractivity contribution in [2.75, 3.05) is 0 Å². The Bertz CT molecular complexity index is 162. The zero-order valence-corrected chi connectivity index (χ0v) is 7.48. The molecule has 0 fully saturated rings. The second-order valence-corrected chi connectivity index (χ2v) is 3.37. The van der Waals surface area contributed by atoms with Crippen molar-refractivity contribution < 1.29 is 0 Å². The Morgan fingerprint density at radius 2 is 2.11 bits per heavy atom. The summed E-state index contributed by atoms with van der Waals surface area (Å²) in [7, 11) is 0. The normalized spacial score (nSPS) is 10.0. The van der Waals surface area contributed by atoms with Gasteiger partial charge in [-0.2, -0.15) is 25.3 Å². The molecule has 0 atom stereocenters.